The summed E-state index contributed by atoms with van der Waals surface area (Å²) in [6.07, 6.45) is 6.58. The van der Waals surface area contributed by atoms with E-state index in [1.807, 2.05) is 13.1 Å². The van der Waals surface area contributed by atoms with Gasteiger partial charge < -0.3 is 23.7 Å². The van der Waals surface area contributed by atoms with Gasteiger partial charge in [-0.15, -0.1) is 0 Å². The highest BCUT2D eigenvalue weighted by Crippen LogP contribution is 2.32. The van der Waals surface area contributed by atoms with Crippen LogP contribution in [0.15, 0.2) is 29.4 Å². The van der Waals surface area contributed by atoms with Gasteiger partial charge in [0.25, 0.3) is 5.91 Å². The molecule has 10 heteroatoms. The van der Waals surface area contributed by atoms with Crippen molar-refractivity contribution in [2.24, 2.45) is 0 Å². The predicted molar refractivity (Wildman–Crippen MR) is 118 cm³/mol. The first-order chi connectivity index (χ1) is 16.0. The summed E-state index contributed by atoms with van der Waals surface area (Å²) in [5.74, 6) is 1.46. The van der Waals surface area contributed by atoms with Crippen LogP contribution < -0.4 is 14.4 Å². The quantitative estimate of drug-likeness (QED) is 0.580. The molecule has 1 amide bonds. The molecule has 1 saturated heterocycles. The Bertz CT molecular complexity index is 1180. The maximum atomic E-state index is 13.0. The lowest BCUT2D eigenvalue weighted by Crippen LogP contribution is -2.40. The Kier molecular flexibility index (Phi) is 5.57. The second kappa shape index (κ2) is 8.68. The van der Waals surface area contributed by atoms with E-state index in [2.05, 4.69) is 30.9 Å². The lowest BCUT2D eigenvalue weighted by molar-refractivity contribution is 0.0373. The molecule has 172 valence electrons. The van der Waals surface area contributed by atoms with Gasteiger partial charge in [-0.3, -0.25) is 4.79 Å². The number of likely N-dealkylation sites (tertiary alicyclic amines) is 1. The number of methoxy groups -OCH3 is 1. The molecule has 3 aromatic rings. The number of aryl methyl sites for hydroxylation is 2. The van der Waals surface area contributed by atoms with E-state index in [1.165, 1.54) is 12.7 Å². The fourth-order valence-electron chi connectivity index (χ4n) is 4.44. The first kappa shape index (κ1) is 21.2. The van der Waals surface area contributed by atoms with Crippen LogP contribution in [0.5, 0.6) is 11.8 Å². The molecule has 0 radical (unpaired) electrons. The first-order valence-corrected chi connectivity index (χ1v) is 11.0. The van der Waals surface area contributed by atoms with Crippen molar-refractivity contribution in [2.75, 3.05) is 25.1 Å². The average Bonchev–Trinajstić information content (AvgIpc) is 3.47. The molecule has 0 spiro atoms. The minimum absolute atomic E-state index is 0.187. The Morgan fingerprint density at radius 3 is 2.79 bits per heavy atom. The van der Waals surface area contributed by atoms with Crippen molar-refractivity contribution in [2.45, 2.75) is 45.9 Å². The zero-order valence-corrected chi connectivity index (χ0v) is 18.9. The molecule has 5 rings (SSSR count). The smallest absolute Gasteiger partial charge is 0.278 e. The zero-order chi connectivity index (χ0) is 22.9. The van der Waals surface area contributed by atoms with E-state index in [0.717, 1.165) is 48.3 Å². The van der Waals surface area contributed by atoms with Gasteiger partial charge in [-0.2, -0.15) is 0 Å². The SMILES string of the molecule is COc1ncc(N2CCc3ncnc(OC4CCCN4C(=O)c4ncoc4C)c3C2)cc1C. The van der Waals surface area contributed by atoms with E-state index in [-0.39, 0.29) is 5.91 Å². The van der Waals surface area contributed by atoms with Gasteiger partial charge in [-0.1, -0.05) is 0 Å². The minimum Gasteiger partial charge on any atom is -0.481 e. The Balaban J connectivity index is 1.37. The summed E-state index contributed by atoms with van der Waals surface area (Å²) in [7, 11) is 1.62. The van der Waals surface area contributed by atoms with Crippen LogP contribution in [0.1, 0.15) is 45.9 Å². The fourth-order valence-corrected chi connectivity index (χ4v) is 4.44. The third kappa shape index (κ3) is 3.96. The van der Waals surface area contributed by atoms with Crippen molar-refractivity contribution in [1.82, 2.24) is 24.8 Å². The maximum Gasteiger partial charge on any atom is 0.278 e. The molecule has 3 aromatic heterocycles. The standard InChI is InChI=1S/C23H26N6O4/c1-14-9-16(10-24-21(14)31-3)28-8-6-18-17(11-28)22(26-12-25-18)33-19-5-4-7-29(19)23(30)20-15(2)32-13-27-20/h9-10,12-13,19H,4-8,11H2,1-3H3. The van der Waals surface area contributed by atoms with Gasteiger partial charge in [0.15, 0.2) is 18.3 Å². The summed E-state index contributed by atoms with van der Waals surface area (Å²) < 4.78 is 16.8. The van der Waals surface area contributed by atoms with Crippen LogP contribution in [0.4, 0.5) is 5.69 Å². The van der Waals surface area contributed by atoms with Crippen LogP contribution in [0.2, 0.25) is 0 Å². The van der Waals surface area contributed by atoms with Crippen LogP contribution in [-0.4, -0.2) is 57.2 Å². The van der Waals surface area contributed by atoms with Crippen molar-refractivity contribution in [1.29, 1.82) is 0 Å². The molecule has 1 atom stereocenters. The van der Waals surface area contributed by atoms with Crippen LogP contribution in [-0.2, 0) is 13.0 Å². The summed E-state index contributed by atoms with van der Waals surface area (Å²) in [4.78, 5) is 34.3. The number of rotatable bonds is 5. The molecular formula is C23H26N6O4. The van der Waals surface area contributed by atoms with Crippen LogP contribution in [0.25, 0.3) is 0 Å². The molecular weight excluding hydrogens is 424 g/mol. The second-order valence-corrected chi connectivity index (χ2v) is 8.27. The normalized spacial score (nSPS) is 17.7. The van der Waals surface area contributed by atoms with Crippen molar-refractivity contribution in [3.05, 3.63) is 53.3 Å². The van der Waals surface area contributed by atoms with Gasteiger partial charge in [0.2, 0.25) is 11.8 Å². The van der Waals surface area contributed by atoms with E-state index in [4.69, 9.17) is 13.9 Å². The van der Waals surface area contributed by atoms with E-state index in [1.54, 1.807) is 18.9 Å². The summed E-state index contributed by atoms with van der Waals surface area (Å²) in [5, 5.41) is 0. The third-order valence-corrected chi connectivity index (χ3v) is 6.19. The number of anilines is 1. The number of fused-ring (bicyclic) bond motifs is 1. The van der Waals surface area contributed by atoms with Gasteiger partial charge in [0, 0.05) is 31.5 Å². The van der Waals surface area contributed by atoms with Gasteiger partial charge in [0.05, 0.1) is 36.8 Å². The van der Waals surface area contributed by atoms with Crippen LogP contribution in [0.3, 0.4) is 0 Å². The highest BCUT2D eigenvalue weighted by Gasteiger charge is 2.34. The average molecular weight is 450 g/mol. The van der Waals surface area contributed by atoms with E-state index in [9.17, 15) is 4.79 Å². The number of carbonyl (C=O) groups is 1. The number of oxazole rings is 1. The summed E-state index contributed by atoms with van der Waals surface area (Å²) in [5.41, 5.74) is 4.22. The van der Waals surface area contributed by atoms with Gasteiger partial charge >= 0.3 is 0 Å². The number of hydrogen-bond donors (Lipinski definition) is 0. The number of ether oxygens (including phenoxy) is 2. The van der Waals surface area contributed by atoms with Crippen molar-refractivity contribution >= 4 is 11.6 Å². The van der Waals surface area contributed by atoms with Gasteiger partial charge in [-0.05, 0) is 26.3 Å². The predicted octanol–water partition coefficient (Wildman–Crippen LogP) is 2.69. The molecule has 0 bridgehead atoms. The molecule has 0 saturated carbocycles. The van der Waals surface area contributed by atoms with Crippen LogP contribution in [0, 0.1) is 13.8 Å². The summed E-state index contributed by atoms with van der Waals surface area (Å²) in [6.45, 7) is 5.73. The minimum atomic E-state index is -0.409. The summed E-state index contributed by atoms with van der Waals surface area (Å²) in [6, 6.07) is 2.07. The van der Waals surface area contributed by atoms with Crippen LogP contribution >= 0.6 is 0 Å². The molecule has 33 heavy (non-hydrogen) atoms. The number of carbonyl (C=O) groups excluding carboxylic acids is 1. The number of pyridine rings is 1. The first-order valence-electron chi connectivity index (χ1n) is 11.0. The van der Waals surface area contributed by atoms with E-state index in [0.29, 0.717) is 36.3 Å². The van der Waals surface area contributed by atoms with Gasteiger partial charge in [-0.25, -0.2) is 19.9 Å². The lowest BCUT2D eigenvalue weighted by atomic mass is 10.1. The summed E-state index contributed by atoms with van der Waals surface area (Å²) >= 11 is 0. The molecule has 0 aromatic carbocycles. The Morgan fingerprint density at radius 2 is 2.03 bits per heavy atom. The fraction of sp³-hybridized carbons (Fsp3) is 0.435. The van der Waals surface area contributed by atoms with E-state index >= 15 is 0 Å². The number of hydrogen-bond acceptors (Lipinski definition) is 9. The molecule has 2 aliphatic heterocycles. The zero-order valence-electron chi connectivity index (χ0n) is 18.9. The number of amides is 1. The second-order valence-electron chi connectivity index (χ2n) is 8.27. The molecule has 1 unspecified atom stereocenters. The number of aromatic nitrogens is 4. The van der Waals surface area contributed by atoms with Crippen molar-refractivity contribution in [3.8, 4) is 11.8 Å². The molecule has 10 nitrogen and oxygen atoms in total. The van der Waals surface area contributed by atoms with Crippen molar-refractivity contribution < 1.29 is 18.7 Å². The maximum absolute atomic E-state index is 13.0. The topological polar surface area (TPSA) is 107 Å². The van der Waals surface area contributed by atoms with Gasteiger partial charge in [0.1, 0.15) is 12.1 Å². The van der Waals surface area contributed by atoms with E-state index < -0.39 is 6.23 Å². The third-order valence-electron chi connectivity index (χ3n) is 6.19. The Morgan fingerprint density at radius 1 is 1.15 bits per heavy atom. The molecule has 0 N–H and O–H groups in total. The highest BCUT2D eigenvalue weighted by molar-refractivity contribution is 5.93. The highest BCUT2D eigenvalue weighted by atomic mass is 16.5. The largest absolute Gasteiger partial charge is 0.481 e. The molecule has 2 aliphatic rings. The molecule has 1 fully saturated rings. The molecule has 0 aliphatic carbocycles. The Labute approximate surface area is 191 Å². The molecule has 5 heterocycles. The van der Waals surface area contributed by atoms with Crippen molar-refractivity contribution in [3.63, 3.8) is 0 Å². The lowest BCUT2D eigenvalue weighted by Gasteiger charge is -2.32. The monoisotopic (exact) mass is 450 g/mol. The Hall–Kier alpha value is -3.69. The number of nitrogens with zero attached hydrogens (tertiary/aromatic N) is 6.